The molecule has 0 atom stereocenters. The van der Waals surface area contributed by atoms with E-state index in [1.165, 1.54) is 66.8 Å². The summed E-state index contributed by atoms with van der Waals surface area (Å²) in [5, 5.41) is 4.27. The minimum atomic E-state index is 0. The summed E-state index contributed by atoms with van der Waals surface area (Å²) in [7, 11) is 1.97. The SMILES string of the molecule is C1=C[N-]B(c2ccccn2)C=C1.Cc1cccc(C)c1B1C=CC=[C-]N1c1ccccn1.Cc1cccc(C)c1B1C=[C-]N(c2ccccn2)C=C1.Cc1cccc(C)c1N1C=CC=[C-]B1c1ccccn1.Cc1cccc(C)c1N1C=[C-]B(c2ccccn2)C=C1.[B]1C=CC=CN1c1ccccn1.[Ir].[Ir].[Ir].[Ir].[Ir].[Ir]. The molecule has 0 spiro atoms. The Labute approximate surface area is 735 Å². The molecular formula is C86H80B6Ir6N12-5. The van der Waals surface area contributed by atoms with Gasteiger partial charge in [0.25, 0.3) is 14.3 Å². The number of hydrogen-bond donors (Lipinski definition) is 0. The number of nitrogens with zero attached hydrogens (tertiary/aromatic N) is 12. The number of allylic oxidation sites excluding steroid dienone is 8. The van der Waals surface area contributed by atoms with Crippen molar-refractivity contribution in [2.75, 3.05) is 24.2 Å². The molecule has 6 aromatic heterocycles. The summed E-state index contributed by atoms with van der Waals surface area (Å²) in [5.41, 5.74) is 18.5. The topological polar surface area (TPSA) is 108 Å². The van der Waals surface area contributed by atoms with E-state index in [0.29, 0.717) is 0 Å². The fourth-order valence-electron chi connectivity index (χ4n) is 12.6. The van der Waals surface area contributed by atoms with E-state index >= 15 is 0 Å². The van der Waals surface area contributed by atoms with E-state index in [-0.39, 0.29) is 155 Å². The summed E-state index contributed by atoms with van der Waals surface area (Å²) in [5.74, 6) is 22.2. The van der Waals surface area contributed by atoms with Gasteiger partial charge in [0.15, 0.2) is 0 Å². The number of anilines is 5. The maximum atomic E-state index is 4.48. The molecule has 0 saturated heterocycles. The number of hydrogen-bond acceptors (Lipinski definition) is 11. The average molecular weight is 2500 g/mol. The summed E-state index contributed by atoms with van der Waals surface area (Å²) >= 11 is 0. The molecule has 12 nitrogen and oxygen atoms in total. The van der Waals surface area contributed by atoms with E-state index in [0.717, 1.165) is 34.2 Å². The number of para-hydroxylation sites is 2. The number of rotatable bonds is 10. The molecule has 12 heterocycles. The van der Waals surface area contributed by atoms with Crippen LogP contribution in [0.3, 0.4) is 0 Å². The van der Waals surface area contributed by atoms with Gasteiger partial charge >= 0.3 is 0 Å². The van der Waals surface area contributed by atoms with E-state index in [2.05, 4.69) is 245 Å². The van der Waals surface area contributed by atoms with Gasteiger partial charge in [0.1, 0.15) is 12.7 Å². The van der Waals surface area contributed by atoms with Crippen LogP contribution in [0.5, 0.6) is 0 Å². The van der Waals surface area contributed by atoms with Crippen LogP contribution in [0.1, 0.15) is 44.5 Å². The Hall–Kier alpha value is -8.25. The second-order valence-corrected chi connectivity index (χ2v) is 25.1. The fraction of sp³-hybridized carbons (Fsp3) is 0.0930. The molecule has 0 aliphatic carbocycles. The average Bonchev–Trinajstić information content (AvgIpc) is 0.803. The first-order chi connectivity index (χ1) is 51.0. The monoisotopic (exact) mass is 2500 g/mol. The van der Waals surface area contributed by atoms with E-state index in [9.17, 15) is 0 Å². The molecule has 24 heteroatoms. The zero-order valence-corrected chi connectivity index (χ0v) is 76.5. The fourth-order valence-corrected chi connectivity index (χ4v) is 12.6. The molecule has 16 rings (SSSR count). The largest absolute Gasteiger partial charge is 0.704 e. The third-order valence-electron chi connectivity index (χ3n) is 17.7. The minimum absolute atomic E-state index is 0. The van der Waals surface area contributed by atoms with Gasteiger partial charge in [-0.25, -0.2) is 11.1 Å². The van der Waals surface area contributed by atoms with Gasteiger partial charge in [0, 0.05) is 186 Å². The Kier molecular flexibility index (Phi) is 40.7. The first-order valence-corrected chi connectivity index (χ1v) is 34.9. The molecule has 0 unspecified atom stereocenters. The van der Waals surface area contributed by atoms with Crippen LogP contribution >= 0.6 is 0 Å². The van der Waals surface area contributed by atoms with E-state index < -0.39 is 0 Å². The van der Waals surface area contributed by atoms with Crippen molar-refractivity contribution in [2.24, 2.45) is 0 Å². The van der Waals surface area contributed by atoms with Gasteiger partial charge in [-0.05, 0) is 161 Å². The van der Waals surface area contributed by atoms with Crippen LogP contribution in [0, 0.1) is 79.7 Å². The number of aromatic nitrogens is 6. The molecule has 10 aromatic rings. The first kappa shape index (κ1) is 92.4. The Bertz CT molecular complexity index is 4420. The van der Waals surface area contributed by atoms with Crippen LogP contribution in [0.15, 0.2) is 341 Å². The van der Waals surface area contributed by atoms with Crippen molar-refractivity contribution in [3.63, 3.8) is 0 Å². The number of aryl methyl sites for hydroxylation is 8. The molecule has 110 heavy (non-hydrogen) atoms. The Balaban J connectivity index is 0.000000236. The molecule has 561 valence electrons. The van der Waals surface area contributed by atoms with Crippen LogP contribution in [0.25, 0.3) is 5.23 Å². The summed E-state index contributed by atoms with van der Waals surface area (Å²) in [6.45, 7) is 17.9. The number of benzene rings is 4. The van der Waals surface area contributed by atoms with Gasteiger partial charge in [-0.2, -0.15) is 30.6 Å². The van der Waals surface area contributed by atoms with Gasteiger partial charge in [-0.1, -0.05) is 192 Å². The molecule has 0 N–H and O–H groups in total. The zero-order valence-electron chi connectivity index (χ0n) is 62.2. The molecule has 0 saturated carbocycles. The second-order valence-electron chi connectivity index (χ2n) is 25.1. The molecule has 0 fully saturated rings. The summed E-state index contributed by atoms with van der Waals surface area (Å²) in [6.07, 6.45) is 45.3. The van der Waals surface area contributed by atoms with E-state index in [1.54, 1.807) is 24.8 Å². The molecular weight excluding hydrogens is 2420 g/mol. The minimum Gasteiger partial charge on any atom is -0.704 e. The van der Waals surface area contributed by atoms with Crippen LogP contribution < -0.4 is 51.9 Å². The molecule has 6 aliphatic rings. The van der Waals surface area contributed by atoms with Gasteiger partial charge in [-0.15, -0.1) is 48.5 Å². The van der Waals surface area contributed by atoms with E-state index in [1.807, 2.05) is 218 Å². The maximum Gasteiger partial charge on any atom is 0.285 e. The first-order valence-electron chi connectivity index (χ1n) is 34.9. The van der Waals surface area contributed by atoms with Gasteiger partial charge in [-0.3, -0.25) is 20.9 Å². The zero-order chi connectivity index (χ0) is 72.2. The normalized spacial score (nSPS) is 13.3. The van der Waals surface area contributed by atoms with Gasteiger partial charge in [0.2, 0.25) is 13.6 Å². The van der Waals surface area contributed by atoms with Gasteiger partial charge in [0.05, 0.1) is 6.71 Å². The summed E-state index contributed by atoms with van der Waals surface area (Å²) < 4.78 is 0. The Morgan fingerprint density at radius 2 is 0.900 bits per heavy atom. The summed E-state index contributed by atoms with van der Waals surface area (Å²) in [4.78, 5) is 36.4. The van der Waals surface area contributed by atoms with Crippen LogP contribution in [0.4, 0.5) is 28.8 Å². The smallest absolute Gasteiger partial charge is 0.285 e. The molecule has 7 radical (unpaired) electrons. The third kappa shape index (κ3) is 25.9. The van der Waals surface area contributed by atoms with Crippen LogP contribution in [-0.4, -0.2) is 71.3 Å². The third-order valence-corrected chi connectivity index (χ3v) is 17.7. The maximum absolute atomic E-state index is 4.48. The van der Waals surface area contributed by atoms with Crippen molar-refractivity contribution in [1.82, 2.24) is 29.9 Å². The van der Waals surface area contributed by atoms with Crippen LogP contribution in [0.2, 0.25) is 0 Å². The predicted molar refractivity (Wildman–Crippen MR) is 442 cm³/mol. The van der Waals surface area contributed by atoms with Crippen molar-refractivity contribution in [3.05, 3.63) is 415 Å². The Morgan fingerprint density at radius 1 is 0.382 bits per heavy atom. The molecule has 6 aliphatic heterocycles. The predicted octanol–water partition coefficient (Wildman–Crippen LogP) is 14.1. The molecule has 4 aromatic carbocycles. The van der Waals surface area contributed by atoms with Crippen LogP contribution in [-0.2, 0) is 121 Å². The standard InChI is InChI=1S/4C17H16BN2.2C9H8BN2.6Ir/c1-14-8-7-9-15(2)17(14)18-11-4-6-13-20(18)16-10-3-5-12-19-16;1-14-8-7-9-15(2)17(14)20-13-6-4-11-18(20)16-10-3-5-12-19-16;1-14-6-5-7-15(2)17(14)18-9-12-20(13-10-18)16-8-3-4-11-19-16;1-14-6-5-7-15(2)17(14)20-12-9-18(10-13-20)16-8-3-4-11-19-16;1-3-7-11-9(5-1)12-8-4-2-6-10-12;1-3-7-11-9(5-1)10-6-2-4-8-12-10;;;;;;/h3-12H,1-2H3;3-10,12-13H,1-2H3;3-12H,1-2H3;3-9,11-13H,1-2H3;2*1-8H;;;;;;/q4*-1;;-1;;;;;;. The summed E-state index contributed by atoms with van der Waals surface area (Å²) in [6, 6.07) is 61.1. The molecule has 0 amide bonds. The van der Waals surface area contributed by atoms with E-state index in [4.69, 9.17) is 0 Å². The second kappa shape index (κ2) is 48.5. The van der Waals surface area contributed by atoms with Crippen molar-refractivity contribution in [2.45, 2.75) is 55.4 Å². The van der Waals surface area contributed by atoms with Crippen molar-refractivity contribution < 1.29 is 121 Å². The van der Waals surface area contributed by atoms with Gasteiger partial charge < -0.3 is 45.4 Å². The number of pyridine rings is 6. The van der Waals surface area contributed by atoms with Crippen molar-refractivity contribution in [1.29, 1.82) is 0 Å². The quantitative estimate of drug-likeness (QED) is 0.0965. The van der Waals surface area contributed by atoms with Crippen molar-refractivity contribution >= 4 is 97.9 Å². The Morgan fingerprint density at radius 3 is 1.39 bits per heavy atom. The molecule has 0 bridgehead atoms. The van der Waals surface area contributed by atoms with Crippen molar-refractivity contribution in [3.8, 4) is 0 Å².